The van der Waals surface area contributed by atoms with Crippen LogP contribution in [-0.4, -0.2) is 53.2 Å². The Bertz CT molecular complexity index is 562. The van der Waals surface area contributed by atoms with E-state index in [1.54, 1.807) is 6.20 Å². The fourth-order valence-corrected chi connectivity index (χ4v) is 3.68. The van der Waals surface area contributed by atoms with E-state index in [0.717, 1.165) is 35.6 Å². The maximum atomic E-state index is 5.91. The predicted octanol–water partition coefficient (Wildman–Crippen LogP) is 1.66. The number of fused-ring (bicyclic) bond motifs is 1. The number of hydrogen-bond acceptors (Lipinski definition) is 4. The van der Waals surface area contributed by atoms with E-state index in [-0.39, 0.29) is 0 Å². The van der Waals surface area contributed by atoms with Crippen molar-refractivity contribution in [3.63, 3.8) is 0 Å². The molecule has 0 saturated carbocycles. The van der Waals surface area contributed by atoms with Crippen molar-refractivity contribution in [1.29, 1.82) is 0 Å². The minimum absolute atomic E-state index is 0.849. The molecule has 1 N–H and O–H groups in total. The number of furan rings is 1. The Balaban J connectivity index is 1.41. The third-order valence-corrected chi connectivity index (χ3v) is 4.55. The first-order chi connectivity index (χ1) is 9.78. The molecule has 2 aliphatic rings. The average Bonchev–Trinajstić information content (AvgIpc) is 3.12. The summed E-state index contributed by atoms with van der Waals surface area (Å²) in [5.74, 6) is 3.61. The second-order valence-corrected chi connectivity index (χ2v) is 6.17. The summed E-state index contributed by atoms with van der Waals surface area (Å²) < 4.78 is 5.91. The van der Waals surface area contributed by atoms with Gasteiger partial charge in [0.05, 0.1) is 6.54 Å². The summed E-state index contributed by atoms with van der Waals surface area (Å²) in [6.45, 7) is 5.83. The van der Waals surface area contributed by atoms with Gasteiger partial charge in [0.25, 0.3) is 0 Å². The maximum Gasteiger partial charge on any atom is 0.152 e. The summed E-state index contributed by atoms with van der Waals surface area (Å²) in [7, 11) is 2.23. The highest BCUT2D eigenvalue weighted by atomic mass is 16.3. The van der Waals surface area contributed by atoms with E-state index >= 15 is 0 Å². The summed E-state index contributed by atoms with van der Waals surface area (Å²) in [6.07, 6.45) is 1.75. The summed E-state index contributed by atoms with van der Waals surface area (Å²) in [5.41, 5.74) is 0.941. The van der Waals surface area contributed by atoms with Crippen LogP contribution in [0, 0.1) is 11.8 Å². The highest BCUT2D eigenvalue weighted by Crippen LogP contribution is 2.31. The second kappa shape index (κ2) is 4.75. The maximum absolute atomic E-state index is 5.91. The quantitative estimate of drug-likeness (QED) is 0.923. The molecule has 2 saturated heterocycles. The van der Waals surface area contributed by atoms with Gasteiger partial charge in [-0.25, -0.2) is 0 Å². The van der Waals surface area contributed by atoms with Gasteiger partial charge in [-0.2, -0.15) is 5.10 Å². The van der Waals surface area contributed by atoms with Crippen LogP contribution in [0.1, 0.15) is 5.76 Å². The molecule has 2 fully saturated rings. The minimum atomic E-state index is 0.849. The number of hydrogen-bond donors (Lipinski definition) is 1. The zero-order chi connectivity index (χ0) is 13.5. The Hall–Kier alpha value is -1.59. The van der Waals surface area contributed by atoms with E-state index in [4.69, 9.17) is 4.42 Å². The predicted molar refractivity (Wildman–Crippen MR) is 76.0 cm³/mol. The molecule has 20 heavy (non-hydrogen) atoms. The SMILES string of the molecule is CN1C[C@@H]2CN(Cc3ccc(-c4ccn[nH]4)o3)C[C@@H]2C1. The highest BCUT2D eigenvalue weighted by molar-refractivity contribution is 5.51. The number of nitrogens with one attached hydrogen (secondary N) is 1. The largest absolute Gasteiger partial charge is 0.458 e. The lowest BCUT2D eigenvalue weighted by atomic mass is 10.0. The first-order valence-corrected chi connectivity index (χ1v) is 7.27. The van der Waals surface area contributed by atoms with Gasteiger partial charge in [-0.3, -0.25) is 10.00 Å². The van der Waals surface area contributed by atoms with Gasteiger partial charge >= 0.3 is 0 Å². The van der Waals surface area contributed by atoms with Crippen molar-refractivity contribution in [2.45, 2.75) is 6.54 Å². The van der Waals surface area contributed by atoms with Crippen molar-refractivity contribution in [3.05, 3.63) is 30.2 Å². The molecule has 2 aromatic rings. The molecule has 4 rings (SSSR count). The third-order valence-electron chi connectivity index (χ3n) is 4.55. The lowest BCUT2D eigenvalue weighted by Gasteiger charge is -2.17. The Kier molecular flexibility index (Phi) is 2.89. The van der Waals surface area contributed by atoms with E-state index in [2.05, 4.69) is 33.1 Å². The smallest absolute Gasteiger partial charge is 0.152 e. The molecule has 0 radical (unpaired) electrons. The first-order valence-electron chi connectivity index (χ1n) is 7.27. The van der Waals surface area contributed by atoms with Gasteiger partial charge in [-0.1, -0.05) is 0 Å². The molecule has 0 aromatic carbocycles. The van der Waals surface area contributed by atoms with Gasteiger partial charge in [0.15, 0.2) is 5.76 Å². The third kappa shape index (κ3) is 2.17. The van der Waals surface area contributed by atoms with Crippen molar-refractivity contribution in [2.75, 3.05) is 33.2 Å². The minimum Gasteiger partial charge on any atom is -0.458 e. The van der Waals surface area contributed by atoms with Gasteiger partial charge < -0.3 is 9.32 Å². The molecule has 2 aromatic heterocycles. The van der Waals surface area contributed by atoms with E-state index in [1.165, 1.54) is 26.2 Å². The number of likely N-dealkylation sites (tertiary alicyclic amines) is 2. The Labute approximate surface area is 118 Å². The van der Waals surface area contributed by atoms with Crippen molar-refractivity contribution in [2.24, 2.45) is 11.8 Å². The number of rotatable bonds is 3. The molecule has 0 aliphatic carbocycles. The number of aromatic amines is 1. The fraction of sp³-hybridized carbons (Fsp3) is 0.533. The van der Waals surface area contributed by atoms with E-state index in [1.807, 2.05) is 12.1 Å². The molecule has 5 heteroatoms. The molecular formula is C15H20N4O. The van der Waals surface area contributed by atoms with Crippen LogP contribution in [0.15, 0.2) is 28.8 Å². The zero-order valence-electron chi connectivity index (χ0n) is 11.7. The topological polar surface area (TPSA) is 48.3 Å². The summed E-state index contributed by atoms with van der Waals surface area (Å²) in [4.78, 5) is 4.98. The summed E-state index contributed by atoms with van der Waals surface area (Å²) in [5, 5.41) is 6.89. The van der Waals surface area contributed by atoms with Gasteiger partial charge in [0.1, 0.15) is 11.5 Å². The molecule has 0 amide bonds. The average molecular weight is 272 g/mol. The monoisotopic (exact) mass is 272 g/mol. The summed E-state index contributed by atoms with van der Waals surface area (Å²) in [6, 6.07) is 6.03. The van der Waals surface area contributed by atoms with Crippen LogP contribution in [0.3, 0.4) is 0 Å². The van der Waals surface area contributed by atoms with Gasteiger partial charge in [0, 0.05) is 32.4 Å². The fourth-order valence-electron chi connectivity index (χ4n) is 3.68. The van der Waals surface area contributed by atoms with E-state index in [0.29, 0.717) is 0 Å². The molecule has 4 heterocycles. The first kappa shape index (κ1) is 12.2. The van der Waals surface area contributed by atoms with Crippen molar-refractivity contribution in [1.82, 2.24) is 20.0 Å². The Morgan fingerprint density at radius 1 is 1.20 bits per heavy atom. The Morgan fingerprint density at radius 3 is 2.70 bits per heavy atom. The molecule has 0 spiro atoms. The van der Waals surface area contributed by atoms with Gasteiger partial charge in [-0.15, -0.1) is 0 Å². The standard InChI is InChI=1S/C15H20N4O/c1-18-6-11-8-19(9-12(11)7-18)10-13-2-3-15(20-13)14-4-5-16-17-14/h2-5,11-12H,6-10H2,1H3,(H,16,17)/t11-,12+. The lowest BCUT2D eigenvalue weighted by Crippen LogP contribution is -2.26. The normalized spacial score (nSPS) is 27.2. The second-order valence-electron chi connectivity index (χ2n) is 6.17. The van der Waals surface area contributed by atoms with Crippen LogP contribution in [0.25, 0.3) is 11.5 Å². The van der Waals surface area contributed by atoms with Crippen LogP contribution < -0.4 is 0 Å². The van der Waals surface area contributed by atoms with Gasteiger partial charge in [-0.05, 0) is 37.1 Å². The van der Waals surface area contributed by atoms with Crippen LogP contribution in [0.2, 0.25) is 0 Å². The zero-order valence-corrected chi connectivity index (χ0v) is 11.7. The number of aromatic nitrogens is 2. The number of H-pyrrole nitrogens is 1. The van der Waals surface area contributed by atoms with Crippen LogP contribution in [-0.2, 0) is 6.54 Å². The molecule has 5 nitrogen and oxygen atoms in total. The molecule has 0 bridgehead atoms. The molecule has 2 aliphatic heterocycles. The lowest BCUT2D eigenvalue weighted by molar-refractivity contribution is 0.255. The van der Waals surface area contributed by atoms with E-state index in [9.17, 15) is 0 Å². The van der Waals surface area contributed by atoms with Crippen LogP contribution in [0.4, 0.5) is 0 Å². The highest BCUT2D eigenvalue weighted by Gasteiger charge is 2.38. The van der Waals surface area contributed by atoms with Crippen molar-refractivity contribution < 1.29 is 4.42 Å². The Morgan fingerprint density at radius 2 is 2.00 bits per heavy atom. The van der Waals surface area contributed by atoms with Crippen LogP contribution in [0.5, 0.6) is 0 Å². The molecule has 106 valence electrons. The van der Waals surface area contributed by atoms with Crippen molar-refractivity contribution >= 4 is 0 Å². The van der Waals surface area contributed by atoms with Crippen LogP contribution >= 0.6 is 0 Å². The van der Waals surface area contributed by atoms with Gasteiger partial charge in [0.2, 0.25) is 0 Å². The molecule has 0 unspecified atom stereocenters. The van der Waals surface area contributed by atoms with Crippen molar-refractivity contribution in [3.8, 4) is 11.5 Å². The number of nitrogens with zero attached hydrogens (tertiary/aromatic N) is 3. The summed E-state index contributed by atoms with van der Waals surface area (Å²) >= 11 is 0. The molecular weight excluding hydrogens is 252 g/mol. The van der Waals surface area contributed by atoms with E-state index < -0.39 is 0 Å². The molecule has 2 atom stereocenters.